The van der Waals surface area contributed by atoms with E-state index in [1.807, 2.05) is 0 Å². The van der Waals surface area contributed by atoms with Crippen molar-refractivity contribution in [3.8, 4) is 0 Å². The summed E-state index contributed by atoms with van der Waals surface area (Å²) in [5.74, 6) is 0. The third-order valence-electron chi connectivity index (χ3n) is 3.62. The van der Waals surface area contributed by atoms with E-state index in [0.29, 0.717) is 19.3 Å². The Balaban J connectivity index is 2.36. The average Bonchev–Trinajstić information content (AvgIpc) is 2.33. The molecule has 19 heavy (non-hydrogen) atoms. The highest BCUT2D eigenvalue weighted by Crippen LogP contribution is 2.31. The maximum Gasteiger partial charge on any atom is 0.0807 e. The van der Waals surface area contributed by atoms with E-state index in [-0.39, 0.29) is 11.2 Å². The van der Waals surface area contributed by atoms with Crippen molar-refractivity contribution in [2.45, 2.75) is 84.0 Å². The van der Waals surface area contributed by atoms with Gasteiger partial charge in [-0.15, -0.1) is 0 Å². The van der Waals surface area contributed by atoms with E-state index in [0.717, 1.165) is 6.54 Å². The van der Waals surface area contributed by atoms with Gasteiger partial charge < -0.3 is 14.8 Å². The Labute approximate surface area is 119 Å². The van der Waals surface area contributed by atoms with Gasteiger partial charge in [0.2, 0.25) is 0 Å². The van der Waals surface area contributed by atoms with Gasteiger partial charge in [0.1, 0.15) is 0 Å². The average molecular weight is 271 g/mol. The van der Waals surface area contributed by atoms with Crippen molar-refractivity contribution in [1.29, 1.82) is 0 Å². The summed E-state index contributed by atoms with van der Waals surface area (Å²) >= 11 is 0. The molecule has 0 aromatic rings. The monoisotopic (exact) mass is 271 g/mol. The Morgan fingerprint density at radius 3 is 2.21 bits per heavy atom. The second-order valence-electron chi connectivity index (χ2n) is 7.09. The lowest BCUT2D eigenvalue weighted by atomic mass is 9.84. The molecule has 0 heterocycles. The first-order valence-electron chi connectivity index (χ1n) is 7.84. The van der Waals surface area contributed by atoms with Crippen LogP contribution in [0.2, 0.25) is 0 Å². The minimum absolute atomic E-state index is 0.0454. The maximum absolute atomic E-state index is 6.23. The molecule has 0 radical (unpaired) electrons. The number of ether oxygens (including phenoxy) is 2. The van der Waals surface area contributed by atoms with Gasteiger partial charge in [-0.05, 0) is 33.6 Å². The summed E-state index contributed by atoms with van der Waals surface area (Å²) in [6, 6.07) is 0.522. The van der Waals surface area contributed by atoms with E-state index < -0.39 is 0 Å². The zero-order chi connectivity index (χ0) is 14.4. The van der Waals surface area contributed by atoms with Crippen LogP contribution in [0.5, 0.6) is 0 Å². The van der Waals surface area contributed by atoms with Crippen LogP contribution in [-0.4, -0.2) is 37.0 Å². The summed E-state index contributed by atoms with van der Waals surface area (Å²) in [5, 5.41) is 3.55. The second-order valence-corrected chi connectivity index (χ2v) is 7.09. The van der Waals surface area contributed by atoms with E-state index >= 15 is 0 Å². The third kappa shape index (κ3) is 7.28. The normalized spacial score (nSPS) is 19.9. The standard InChI is InChI=1S/C16H33NO2/c1-14(2)17-13-16(9-7-6-8-10-16)19-12-11-18-15(3,4)5/h14,17H,6-13H2,1-5H3. The highest BCUT2D eigenvalue weighted by atomic mass is 16.5. The van der Waals surface area contributed by atoms with Gasteiger partial charge in [-0.3, -0.25) is 0 Å². The lowest BCUT2D eigenvalue weighted by molar-refractivity contribution is -0.106. The molecule has 1 N–H and O–H groups in total. The fourth-order valence-corrected chi connectivity index (χ4v) is 2.56. The predicted molar refractivity (Wildman–Crippen MR) is 80.6 cm³/mol. The van der Waals surface area contributed by atoms with Crippen molar-refractivity contribution in [2.75, 3.05) is 19.8 Å². The van der Waals surface area contributed by atoms with Gasteiger partial charge in [0.15, 0.2) is 0 Å². The van der Waals surface area contributed by atoms with E-state index in [2.05, 4.69) is 39.9 Å². The van der Waals surface area contributed by atoms with Crippen LogP contribution in [0.1, 0.15) is 66.7 Å². The Hall–Kier alpha value is -0.120. The summed E-state index contributed by atoms with van der Waals surface area (Å²) in [4.78, 5) is 0. The molecule has 1 saturated carbocycles. The van der Waals surface area contributed by atoms with Gasteiger partial charge in [0.05, 0.1) is 24.4 Å². The van der Waals surface area contributed by atoms with Crippen molar-refractivity contribution in [1.82, 2.24) is 5.32 Å². The van der Waals surface area contributed by atoms with Gasteiger partial charge in [-0.25, -0.2) is 0 Å². The van der Waals surface area contributed by atoms with Crippen LogP contribution in [-0.2, 0) is 9.47 Å². The van der Waals surface area contributed by atoms with Crippen LogP contribution in [0.25, 0.3) is 0 Å². The smallest absolute Gasteiger partial charge is 0.0807 e. The molecule has 114 valence electrons. The summed E-state index contributed by atoms with van der Waals surface area (Å²) in [6.45, 7) is 13.0. The molecule has 0 aliphatic heterocycles. The van der Waals surface area contributed by atoms with Crippen LogP contribution in [0.15, 0.2) is 0 Å². The lowest BCUT2D eigenvalue weighted by Gasteiger charge is -2.38. The molecule has 0 amide bonds. The zero-order valence-electron chi connectivity index (χ0n) is 13.6. The van der Waals surface area contributed by atoms with E-state index in [1.54, 1.807) is 0 Å². The predicted octanol–water partition coefficient (Wildman–Crippen LogP) is 3.52. The fourth-order valence-electron chi connectivity index (χ4n) is 2.56. The molecule has 1 aliphatic rings. The minimum Gasteiger partial charge on any atom is -0.373 e. The number of hydrogen-bond donors (Lipinski definition) is 1. The van der Waals surface area contributed by atoms with Crippen LogP contribution in [0.4, 0.5) is 0 Å². The van der Waals surface area contributed by atoms with Gasteiger partial charge in [0, 0.05) is 12.6 Å². The van der Waals surface area contributed by atoms with Crippen molar-refractivity contribution in [3.63, 3.8) is 0 Å². The van der Waals surface area contributed by atoms with E-state index in [1.165, 1.54) is 32.1 Å². The van der Waals surface area contributed by atoms with Gasteiger partial charge in [-0.1, -0.05) is 33.1 Å². The van der Waals surface area contributed by atoms with Crippen molar-refractivity contribution in [2.24, 2.45) is 0 Å². The van der Waals surface area contributed by atoms with Crippen LogP contribution in [0, 0.1) is 0 Å². The molecule has 0 aromatic heterocycles. The van der Waals surface area contributed by atoms with Gasteiger partial charge in [-0.2, -0.15) is 0 Å². The first kappa shape index (κ1) is 16.9. The van der Waals surface area contributed by atoms with Gasteiger partial charge in [0.25, 0.3) is 0 Å². The quantitative estimate of drug-likeness (QED) is 0.719. The highest BCUT2D eigenvalue weighted by Gasteiger charge is 2.32. The first-order valence-corrected chi connectivity index (χ1v) is 7.84. The van der Waals surface area contributed by atoms with Crippen molar-refractivity contribution in [3.05, 3.63) is 0 Å². The molecular weight excluding hydrogens is 238 g/mol. The van der Waals surface area contributed by atoms with Crippen molar-refractivity contribution < 1.29 is 9.47 Å². The summed E-state index contributed by atoms with van der Waals surface area (Å²) in [6.07, 6.45) is 6.30. The molecule has 3 nitrogen and oxygen atoms in total. The lowest BCUT2D eigenvalue weighted by Crippen LogP contribution is -2.47. The molecule has 1 aliphatic carbocycles. The SMILES string of the molecule is CC(C)NCC1(OCCOC(C)(C)C)CCCCC1. The summed E-state index contributed by atoms with van der Waals surface area (Å²) in [5.41, 5.74) is -0.0248. The largest absolute Gasteiger partial charge is 0.373 e. The van der Waals surface area contributed by atoms with Crippen LogP contribution < -0.4 is 5.32 Å². The molecule has 1 rings (SSSR count). The Kier molecular flexibility index (Phi) is 6.78. The summed E-state index contributed by atoms with van der Waals surface area (Å²) < 4.78 is 12.0. The maximum atomic E-state index is 6.23. The third-order valence-corrected chi connectivity index (χ3v) is 3.62. The molecule has 0 atom stereocenters. The number of hydrogen-bond acceptors (Lipinski definition) is 3. The molecule has 1 fully saturated rings. The van der Waals surface area contributed by atoms with E-state index in [9.17, 15) is 0 Å². The zero-order valence-corrected chi connectivity index (χ0v) is 13.6. The molecule has 0 bridgehead atoms. The topological polar surface area (TPSA) is 30.5 Å². The van der Waals surface area contributed by atoms with E-state index in [4.69, 9.17) is 9.47 Å². The number of nitrogens with one attached hydrogen (secondary N) is 1. The molecular formula is C16H33NO2. The van der Waals surface area contributed by atoms with Crippen LogP contribution in [0.3, 0.4) is 0 Å². The second kappa shape index (κ2) is 7.61. The molecule has 0 saturated heterocycles. The number of rotatable bonds is 7. The highest BCUT2D eigenvalue weighted by molar-refractivity contribution is 4.87. The van der Waals surface area contributed by atoms with Crippen LogP contribution >= 0.6 is 0 Å². The summed E-state index contributed by atoms with van der Waals surface area (Å²) in [7, 11) is 0. The Morgan fingerprint density at radius 2 is 1.68 bits per heavy atom. The molecule has 0 aromatic carbocycles. The molecule has 3 heteroatoms. The fraction of sp³-hybridized carbons (Fsp3) is 1.00. The minimum atomic E-state index is -0.0702. The Bertz CT molecular complexity index is 240. The Morgan fingerprint density at radius 1 is 1.05 bits per heavy atom. The molecule has 0 spiro atoms. The first-order chi connectivity index (χ1) is 8.83. The van der Waals surface area contributed by atoms with Crippen molar-refractivity contribution >= 4 is 0 Å². The van der Waals surface area contributed by atoms with Gasteiger partial charge >= 0.3 is 0 Å². The molecule has 0 unspecified atom stereocenters.